The highest BCUT2D eigenvalue weighted by molar-refractivity contribution is 5.74. The number of nitro benzene ring substituents is 1. The van der Waals surface area contributed by atoms with Crippen LogP contribution in [0.3, 0.4) is 0 Å². The Hall–Kier alpha value is -1.95. The van der Waals surface area contributed by atoms with Gasteiger partial charge in [-0.15, -0.1) is 0 Å². The van der Waals surface area contributed by atoms with Crippen LogP contribution in [0.2, 0.25) is 0 Å². The molecule has 0 spiro atoms. The SMILES string of the molecule is CC1CCCN(Cc2ccccc2[N+](=O)[O-])C1C(=O)O. The zero-order valence-electron chi connectivity index (χ0n) is 11.4. The van der Waals surface area contributed by atoms with Crippen LogP contribution < -0.4 is 0 Å². The average Bonchev–Trinajstić information content (AvgIpc) is 2.38. The first kappa shape index (κ1) is 14.5. The zero-order valence-corrected chi connectivity index (χ0v) is 11.4. The normalized spacial score (nSPS) is 23.4. The molecule has 0 bridgehead atoms. The second kappa shape index (κ2) is 6.00. The lowest BCUT2D eigenvalue weighted by Gasteiger charge is -2.37. The number of piperidine rings is 1. The van der Waals surface area contributed by atoms with Gasteiger partial charge in [0, 0.05) is 18.2 Å². The quantitative estimate of drug-likeness (QED) is 0.674. The first-order chi connectivity index (χ1) is 9.50. The Kier molecular flexibility index (Phi) is 4.34. The van der Waals surface area contributed by atoms with E-state index in [1.165, 1.54) is 6.07 Å². The maximum Gasteiger partial charge on any atom is 0.321 e. The summed E-state index contributed by atoms with van der Waals surface area (Å²) in [5.41, 5.74) is 0.618. The van der Waals surface area contributed by atoms with Gasteiger partial charge in [0.15, 0.2) is 0 Å². The monoisotopic (exact) mass is 278 g/mol. The van der Waals surface area contributed by atoms with Crippen LogP contribution in [0.15, 0.2) is 24.3 Å². The molecule has 1 N–H and O–H groups in total. The van der Waals surface area contributed by atoms with Gasteiger partial charge in [0.05, 0.1) is 4.92 Å². The van der Waals surface area contributed by atoms with Crippen molar-refractivity contribution in [2.45, 2.75) is 32.4 Å². The summed E-state index contributed by atoms with van der Waals surface area (Å²) in [6.07, 6.45) is 1.80. The predicted octanol–water partition coefficient (Wildman–Crippen LogP) is 2.28. The summed E-state index contributed by atoms with van der Waals surface area (Å²) in [4.78, 5) is 23.8. The Morgan fingerprint density at radius 1 is 1.50 bits per heavy atom. The number of aliphatic carboxylic acids is 1. The van der Waals surface area contributed by atoms with E-state index in [1.54, 1.807) is 18.2 Å². The summed E-state index contributed by atoms with van der Waals surface area (Å²) in [6.45, 7) is 2.89. The van der Waals surface area contributed by atoms with Gasteiger partial charge in [0.1, 0.15) is 6.04 Å². The number of carboxylic acid groups (broad SMARTS) is 1. The third-order valence-corrected chi connectivity index (χ3v) is 3.85. The topological polar surface area (TPSA) is 83.7 Å². The van der Waals surface area contributed by atoms with Crippen molar-refractivity contribution in [1.82, 2.24) is 4.90 Å². The lowest BCUT2D eigenvalue weighted by molar-refractivity contribution is -0.385. The largest absolute Gasteiger partial charge is 0.480 e. The molecule has 108 valence electrons. The van der Waals surface area contributed by atoms with Gasteiger partial charge in [-0.3, -0.25) is 19.8 Å². The van der Waals surface area contributed by atoms with E-state index in [-0.39, 0.29) is 11.6 Å². The van der Waals surface area contributed by atoms with Gasteiger partial charge in [-0.2, -0.15) is 0 Å². The Balaban J connectivity index is 2.24. The van der Waals surface area contributed by atoms with Crippen molar-refractivity contribution in [3.63, 3.8) is 0 Å². The van der Waals surface area contributed by atoms with Crippen LogP contribution in [-0.2, 0) is 11.3 Å². The molecule has 2 rings (SSSR count). The Morgan fingerprint density at radius 2 is 2.20 bits per heavy atom. The fourth-order valence-electron chi connectivity index (χ4n) is 2.89. The zero-order chi connectivity index (χ0) is 14.7. The van der Waals surface area contributed by atoms with Crippen molar-refractivity contribution in [2.24, 2.45) is 5.92 Å². The van der Waals surface area contributed by atoms with E-state index in [4.69, 9.17) is 0 Å². The summed E-state index contributed by atoms with van der Waals surface area (Å²) in [5, 5.41) is 20.4. The van der Waals surface area contributed by atoms with Gasteiger partial charge in [0.2, 0.25) is 0 Å². The molecule has 6 nitrogen and oxygen atoms in total. The number of nitrogens with zero attached hydrogens (tertiary/aromatic N) is 2. The van der Waals surface area contributed by atoms with Gasteiger partial charge in [-0.05, 0) is 25.3 Å². The van der Waals surface area contributed by atoms with Crippen molar-refractivity contribution >= 4 is 11.7 Å². The van der Waals surface area contributed by atoms with Crippen molar-refractivity contribution in [2.75, 3.05) is 6.54 Å². The number of carboxylic acids is 1. The molecule has 1 aromatic rings. The number of hydrogen-bond donors (Lipinski definition) is 1. The number of hydrogen-bond acceptors (Lipinski definition) is 4. The van der Waals surface area contributed by atoms with Crippen LogP contribution in [0.1, 0.15) is 25.3 Å². The van der Waals surface area contributed by atoms with E-state index in [9.17, 15) is 20.0 Å². The second-order valence-electron chi connectivity index (χ2n) is 5.26. The Labute approximate surface area is 117 Å². The van der Waals surface area contributed by atoms with Crippen LogP contribution in [0.4, 0.5) is 5.69 Å². The number of para-hydroxylation sites is 1. The van der Waals surface area contributed by atoms with Crippen molar-refractivity contribution in [3.8, 4) is 0 Å². The lowest BCUT2D eigenvalue weighted by Crippen LogP contribution is -2.48. The third kappa shape index (κ3) is 2.96. The summed E-state index contributed by atoms with van der Waals surface area (Å²) >= 11 is 0. The molecule has 1 heterocycles. The van der Waals surface area contributed by atoms with E-state index >= 15 is 0 Å². The van der Waals surface area contributed by atoms with Gasteiger partial charge in [0.25, 0.3) is 5.69 Å². The number of benzene rings is 1. The number of rotatable bonds is 4. The van der Waals surface area contributed by atoms with Crippen LogP contribution in [-0.4, -0.2) is 33.5 Å². The molecule has 0 aliphatic carbocycles. The minimum Gasteiger partial charge on any atom is -0.480 e. The van der Waals surface area contributed by atoms with Crippen LogP contribution >= 0.6 is 0 Å². The predicted molar refractivity (Wildman–Crippen MR) is 73.3 cm³/mol. The molecule has 6 heteroatoms. The second-order valence-corrected chi connectivity index (χ2v) is 5.26. The highest BCUT2D eigenvalue weighted by Gasteiger charge is 2.34. The van der Waals surface area contributed by atoms with Gasteiger partial charge in [-0.25, -0.2) is 0 Å². The molecular formula is C14H18N2O4. The Morgan fingerprint density at radius 3 is 2.85 bits per heavy atom. The molecule has 0 radical (unpaired) electrons. The van der Waals surface area contributed by atoms with Gasteiger partial charge < -0.3 is 5.11 Å². The number of carbonyl (C=O) groups is 1. The third-order valence-electron chi connectivity index (χ3n) is 3.85. The van der Waals surface area contributed by atoms with E-state index in [1.807, 2.05) is 11.8 Å². The fourth-order valence-corrected chi connectivity index (χ4v) is 2.89. The molecule has 1 saturated heterocycles. The molecule has 2 unspecified atom stereocenters. The van der Waals surface area contributed by atoms with Crippen molar-refractivity contribution in [3.05, 3.63) is 39.9 Å². The smallest absolute Gasteiger partial charge is 0.321 e. The maximum atomic E-state index is 11.4. The molecule has 0 amide bonds. The standard InChI is InChI=1S/C14H18N2O4/c1-10-5-4-8-15(13(10)14(17)18)9-11-6-2-3-7-12(11)16(19)20/h2-3,6-7,10,13H,4-5,8-9H2,1H3,(H,17,18). The summed E-state index contributed by atoms with van der Waals surface area (Å²) in [6, 6.07) is 5.94. The number of nitro groups is 1. The highest BCUT2D eigenvalue weighted by Crippen LogP contribution is 2.27. The van der Waals surface area contributed by atoms with E-state index in [0.717, 1.165) is 12.8 Å². The summed E-state index contributed by atoms with van der Waals surface area (Å²) < 4.78 is 0. The molecule has 1 aliphatic heterocycles. The molecule has 1 aliphatic rings. The summed E-state index contributed by atoms with van der Waals surface area (Å²) in [7, 11) is 0. The Bertz CT molecular complexity index is 518. The van der Waals surface area contributed by atoms with E-state index in [2.05, 4.69) is 0 Å². The molecule has 1 fully saturated rings. The fraction of sp³-hybridized carbons (Fsp3) is 0.500. The molecular weight excluding hydrogens is 260 g/mol. The molecule has 20 heavy (non-hydrogen) atoms. The van der Waals surface area contributed by atoms with Crippen molar-refractivity contribution < 1.29 is 14.8 Å². The van der Waals surface area contributed by atoms with Gasteiger partial charge in [-0.1, -0.05) is 25.1 Å². The number of likely N-dealkylation sites (tertiary alicyclic amines) is 1. The van der Waals surface area contributed by atoms with Crippen LogP contribution in [0.5, 0.6) is 0 Å². The maximum absolute atomic E-state index is 11.4. The first-order valence-electron chi connectivity index (χ1n) is 6.70. The molecule has 0 aromatic heterocycles. The first-order valence-corrected chi connectivity index (χ1v) is 6.70. The minimum atomic E-state index is -0.851. The molecule has 0 saturated carbocycles. The van der Waals surface area contributed by atoms with E-state index < -0.39 is 16.9 Å². The van der Waals surface area contributed by atoms with Crippen LogP contribution in [0.25, 0.3) is 0 Å². The van der Waals surface area contributed by atoms with E-state index in [0.29, 0.717) is 18.7 Å². The minimum absolute atomic E-state index is 0.0508. The van der Waals surface area contributed by atoms with Gasteiger partial charge >= 0.3 is 5.97 Å². The van der Waals surface area contributed by atoms with Crippen LogP contribution in [0, 0.1) is 16.0 Å². The highest BCUT2D eigenvalue weighted by atomic mass is 16.6. The molecule has 1 aromatic carbocycles. The average molecular weight is 278 g/mol. The lowest BCUT2D eigenvalue weighted by atomic mass is 9.90. The summed E-state index contributed by atoms with van der Waals surface area (Å²) in [5.74, 6) is -0.792. The van der Waals surface area contributed by atoms with Crippen molar-refractivity contribution in [1.29, 1.82) is 0 Å². The molecule has 2 atom stereocenters.